The highest BCUT2D eigenvalue weighted by atomic mass is 15.1. The molecule has 3 aliphatic carbocycles. The molecule has 2 nitrogen and oxygen atoms in total. The number of nitrogens with zero attached hydrogens (tertiary/aromatic N) is 2. The van der Waals surface area contributed by atoms with Gasteiger partial charge in [-0.25, -0.2) is 0 Å². The highest BCUT2D eigenvalue weighted by Crippen LogP contribution is 2.54. The minimum absolute atomic E-state index is 0.152. The van der Waals surface area contributed by atoms with Crippen LogP contribution < -0.4 is 9.80 Å². The molecule has 0 aliphatic heterocycles. The molecular formula is C81H76N2. The van der Waals surface area contributed by atoms with Crippen molar-refractivity contribution < 1.29 is 0 Å². The Labute approximate surface area is 494 Å². The number of anilines is 6. The molecule has 0 bridgehead atoms. The van der Waals surface area contributed by atoms with Crippen LogP contribution in [0.15, 0.2) is 182 Å². The first-order chi connectivity index (χ1) is 39.6. The molecule has 0 unspecified atom stereocenters. The van der Waals surface area contributed by atoms with E-state index in [1.165, 1.54) is 168 Å². The van der Waals surface area contributed by atoms with E-state index in [4.69, 9.17) is 0 Å². The molecular weight excluding hydrogens is 1000 g/mol. The van der Waals surface area contributed by atoms with Crippen molar-refractivity contribution in [2.45, 2.75) is 113 Å². The normalized spacial score (nSPS) is 14.6. The average Bonchev–Trinajstić information content (AvgIpc) is 1.90. The third kappa shape index (κ3) is 9.38. The van der Waals surface area contributed by atoms with Crippen molar-refractivity contribution in [3.63, 3.8) is 0 Å². The van der Waals surface area contributed by atoms with Crippen LogP contribution in [0.1, 0.15) is 142 Å². The van der Waals surface area contributed by atoms with E-state index in [-0.39, 0.29) is 16.2 Å². The molecule has 2 heteroatoms. The zero-order valence-electron chi connectivity index (χ0n) is 51.0. The molecule has 83 heavy (non-hydrogen) atoms. The lowest BCUT2D eigenvalue weighted by Crippen LogP contribution is -2.17. The zero-order valence-corrected chi connectivity index (χ0v) is 51.0. The molecule has 0 atom stereocenters. The molecule has 0 amide bonds. The second-order valence-electron chi connectivity index (χ2n) is 26.3. The van der Waals surface area contributed by atoms with E-state index in [9.17, 15) is 0 Å². The van der Waals surface area contributed by atoms with Gasteiger partial charge < -0.3 is 9.80 Å². The van der Waals surface area contributed by atoms with Crippen LogP contribution >= 0.6 is 0 Å². The van der Waals surface area contributed by atoms with Crippen LogP contribution in [0.5, 0.6) is 0 Å². The van der Waals surface area contributed by atoms with E-state index in [0.29, 0.717) is 0 Å². The molecule has 0 saturated carbocycles. The highest BCUT2D eigenvalue weighted by molar-refractivity contribution is 5.90. The molecule has 0 heterocycles. The van der Waals surface area contributed by atoms with Crippen molar-refractivity contribution >= 4 is 58.4 Å². The van der Waals surface area contributed by atoms with Gasteiger partial charge in [-0.1, -0.05) is 175 Å². The summed E-state index contributed by atoms with van der Waals surface area (Å²) in [6, 6.07) is 70.0. The van der Waals surface area contributed by atoms with Gasteiger partial charge in [0.2, 0.25) is 0 Å². The van der Waals surface area contributed by atoms with Gasteiger partial charge in [0, 0.05) is 50.4 Å². The summed E-state index contributed by atoms with van der Waals surface area (Å²) in [6.45, 7) is 31.9. The Hall–Kier alpha value is -8.72. The van der Waals surface area contributed by atoms with Gasteiger partial charge in [-0.15, -0.1) is 0 Å². The van der Waals surface area contributed by atoms with E-state index in [1.54, 1.807) is 0 Å². The van der Waals surface area contributed by atoms with Crippen molar-refractivity contribution in [2.75, 3.05) is 9.80 Å². The van der Waals surface area contributed by atoms with Gasteiger partial charge >= 0.3 is 0 Å². The number of fused-ring (bicyclic) bond motifs is 9. The largest absolute Gasteiger partial charge is 0.310 e. The maximum Gasteiger partial charge on any atom is 0.0466 e. The molecule has 0 radical (unpaired) electrons. The molecule has 0 N–H and O–H groups in total. The van der Waals surface area contributed by atoms with Gasteiger partial charge in [-0.05, 0) is 262 Å². The fourth-order valence-electron chi connectivity index (χ4n) is 14.6. The maximum atomic E-state index is 2.45. The lowest BCUT2D eigenvalue weighted by molar-refractivity contribution is 0.660. The second kappa shape index (κ2) is 19.7. The van der Waals surface area contributed by atoms with E-state index in [1.807, 2.05) is 0 Å². The van der Waals surface area contributed by atoms with Gasteiger partial charge in [-0.3, -0.25) is 0 Å². The first kappa shape index (κ1) is 53.6. The predicted octanol–water partition coefficient (Wildman–Crippen LogP) is 22.4. The lowest BCUT2D eigenvalue weighted by atomic mass is 9.81. The summed E-state index contributed by atoms with van der Waals surface area (Å²) >= 11 is 0. The van der Waals surface area contributed by atoms with Crippen LogP contribution in [0.25, 0.3) is 57.7 Å². The number of benzene rings is 10. The minimum Gasteiger partial charge on any atom is -0.310 e. The number of aryl methyl sites for hydroxylation is 8. The molecule has 10 aromatic carbocycles. The van der Waals surface area contributed by atoms with Crippen molar-refractivity contribution in [3.8, 4) is 33.4 Å². The lowest BCUT2D eigenvalue weighted by Gasteiger charge is -2.29. The van der Waals surface area contributed by atoms with E-state index in [0.717, 1.165) is 0 Å². The fourth-order valence-corrected chi connectivity index (χ4v) is 14.6. The summed E-state index contributed by atoms with van der Waals surface area (Å²) in [7, 11) is 0. The van der Waals surface area contributed by atoms with Crippen LogP contribution in [0.3, 0.4) is 0 Å². The van der Waals surface area contributed by atoms with Crippen molar-refractivity contribution in [2.24, 2.45) is 0 Å². The van der Waals surface area contributed by atoms with Gasteiger partial charge in [-0.2, -0.15) is 0 Å². The van der Waals surface area contributed by atoms with Crippen LogP contribution in [0, 0.1) is 55.4 Å². The van der Waals surface area contributed by atoms with Crippen LogP contribution in [-0.2, 0) is 16.2 Å². The van der Waals surface area contributed by atoms with E-state index < -0.39 is 0 Å². The summed E-state index contributed by atoms with van der Waals surface area (Å²) in [5.74, 6) is 0. The molecule has 3 aliphatic rings. The fraction of sp³-hybridized carbons (Fsp3) is 0.210. The first-order valence-corrected chi connectivity index (χ1v) is 29.8. The first-order valence-electron chi connectivity index (χ1n) is 29.8. The Morgan fingerprint density at radius 3 is 0.627 bits per heavy atom. The summed E-state index contributed by atoms with van der Waals surface area (Å²) in [5.41, 5.74) is 37.8. The zero-order chi connectivity index (χ0) is 58.0. The molecule has 10 aromatic rings. The summed E-state index contributed by atoms with van der Waals surface area (Å²) < 4.78 is 0. The smallest absolute Gasteiger partial charge is 0.0466 e. The average molecular weight is 1080 g/mol. The van der Waals surface area contributed by atoms with Gasteiger partial charge in [0.15, 0.2) is 0 Å². The quantitative estimate of drug-likeness (QED) is 0.126. The number of hydrogen-bond donors (Lipinski definition) is 0. The SMILES string of the molecule is Cc1cc(C)cc(N(c2cc(C)cc(C)c2)c2ccc3c(c2)C(C)(C)c2cc(C=Cc4ccc5c(c4)C(C)(C)c4cc(C=Cc6ccc7c(c6)C(C)(C)c6cc(N(c8cc(C)cc(C)c8)c8cc(C)cc(C)c8)ccc6-7)ccc4-5)ccc2-3)c1. The maximum absolute atomic E-state index is 2.45. The van der Waals surface area contributed by atoms with Crippen molar-refractivity contribution in [1.29, 1.82) is 0 Å². The third-order valence-electron chi connectivity index (χ3n) is 18.4. The topological polar surface area (TPSA) is 6.48 Å². The van der Waals surface area contributed by atoms with Gasteiger partial charge in [0.25, 0.3) is 0 Å². The molecule has 0 fully saturated rings. The number of hydrogen-bond acceptors (Lipinski definition) is 2. The Morgan fingerprint density at radius 1 is 0.217 bits per heavy atom. The molecule has 13 rings (SSSR count). The Balaban J connectivity index is 0.737. The Kier molecular flexibility index (Phi) is 12.7. The summed E-state index contributed by atoms with van der Waals surface area (Å²) in [4.78, 5) is 4.89. The van der Waals surface area contributed by atoms with Gasteiger partial charge in [0.05, 0.1) is 0 Å². The molecule has 410 valence electrons. The molecule has 0 spiro atoms. The van der Waals surface area contributed by atoms with Crippen LogP contribution in [0.2, 0.25) is 0 Å². The Bertz CT molecular complexity index is 3930. The van der Waals surface area contributed by atoms with E-state index >= 15 is 0 Å². The second-order valence-corrected chi connectivity index (χ2v) is 26.3. The number of rotatable bonds is 10. The van der Waals surface area contributed by atoms with Gasteiger partial charge in [0.1, 0.15) is 0 Å². The third-order valence-corrected chi connectivity index (χ3v) is 18.4. The monoisotopic (exact) mass is 1080 g/mol. The van der Waals surface area contributed by atoms with Crippen molar-refractivity contribution in [3.05, 3.63) is 282 Å². The molecule has 0 saturated heterocycles. The standard InChI is InChI=1S/C81H76N2/c1-49-31-50(2)36-63(35-49)82(64-37-51(3)32-52(4)38-64)61-23-29-71-69-27-21-59(45-75(69)80(11,12)77(71)47-61)17-15-57-19-25-67-68-26-20-58(44-74(68)79(9,10)73(67)43-57)16-18-60-22-28-70-72-30-24-62(48-78(72)81(13,14)76(70)46-60)83(65-39-53(5)33-54(6)40-65)66-41-55(7)34-56(8)42-66/h15-48H,1-14H3. The van der Waals surface area contributed by atoms with Crippen LogP contribution in [-0.4, -0.2) is 0 Å². The Morgan fingerprint density at radius 2 is 0.410 bits per heavy atom. The highest BCUT2D eigenvalue weighted by Gasteiger charge is 2.39. The van der Waals surface area contributed by atoms with Crippen LogP contribution in [0.4, 0.5) is 34.1 Å². The molecule has 0 aromatic heterocycles. The summed E-state index contributed by atoms with van der Waals surface area (Å²) in [5, 5.41) is 0. The predicted molar refractivity (Wildman–Crippen MR) is 357 cm³/mol. The van der Waals surface area contributed by atoms with E-state index in [2.05, 4.69) is 313 Å². The minimum atomic E-state index is -0.179. The van der Waals surface area contributed by atoms with Crippen molar-refractivity contribution in [1.82, 2.24) is 0 Å². The summed E-state index contributed by atoms with van der Waals surface area (Å²) in [6.07, 6.45) is 9.21.